The molecule has 2 N–H and O–H groups in total. The van der Waals surface area contributed by atoms with Gasteiger partial charge < -0.3 is 10.6 Å². The van der Waals surface area contributed by atoms with Crippen LogP contribution in [-0.2, 0) is 0 Å². The van der Waals surface area contributed by atoms with Crippen molar-refractivity contribution in [3.05, 3.63) is 22.2 Å². The molecule has 2 heterocycles. The molecule has 1 aliphatic heterocycles. The number of nitrogens with two attached hydrogens (primary N) is 1. The molecule has 0 amide bonds. The zero-order valence-electron chi connectivity index (χ0n) is 10.7. The molecule has 0 bridgehead atoms. The lowest BCUT2D eigenvalue weighted by molar-refractivity contribution is -0.384. The van der Waals surface area contributed by atoms with Gasteiger partial charge in [-0.25, -0.2) is 4.98 Å². The molecule has 1 fully saturated rings. The maximum absolute atomic E-state index is 10.7. The van der Waals surface area contributed by atoms with Crippen LogP contribution in [0.1, 0.15) is 26.7 Å². The molecule has 18 heavy (non-hydrogen) atoms. The molecule has 6 nitrogen and oxygen atoms in total. The van der Waals surface area contributed by atoms with E-state index in [1.54, 1.807) is 6.07 Å². The van der Waals surface area contributed by atoms with Gasteiger partial charge in [0.15, 0.2) is 0 Å². The Morgan fingerprint density at radius 1 is 1.50 bits per heavy atom. The molecular weight excluding hydrogens is 232 g/mol. The van der Waals surface area contributed by atoms with E-state index in [0.717, 1.165) is 18.8 Å². The van der Waals surface area contributed by atoms with E-state index in [9.17, 15) is 10.1 Å². The summed E-state index contributed by atoms with van der Waals surface area (Å²) in [6.07, 6.45) is 2.32. The Bertz CT molecular complexity index is 463. The van der Waals surface area contributed by atoms with Gasteiger partial charge in [0.2, 0.25) is 5.82 Å². The van der Waals surface area contributed by atoms with E-state index in [-0.39, 0.29) is 11.5 Å². The first kappa shape index (κ1) is 12.6. The molecule has 2 rings (SSSR count). The van der Waals surface area contributed by atoms with Crippen molar-refractivity contribution in [3.63, 3.8) is 0 Å². The van der Waals surface area contributed by atoms with Gasteiger partial charge in [0.1, 0.15) is 5.82 Å². The highest BCUT2D eigenvalue weighted by atomic mass is 16.6. The molecule has 0 radical (unpaired) electrons. The Morgan fingerprint density at radius 3 is 2.83 bits per heavy atom. The van der Waals surface area contributed by atoms with Crippen LogP contribution in [0.25, 0.3) is 0 Å². The van der Waals surface area contributed by atoms with Gasteiger partial charge in [0.25, 0.3) is 0 Å². The summed E-state index contributed by atoms with van der Waals surface area (Å²) in [5, 5.41) is 10.7. The van der Waals surface area contributed by atoms with Crippen molar-refractivity contribution in [3.8, 4) is 0 Å². The minimum Gasteiger partial charge on any atom is -0.378 e. The van der Waals surface area contributed by atoms with Crippen molar-refractivity contribution in [1.29, 1.82) is 0 Å². The molecule has 1 aromatic heterocycles. The quantitative estimate of drug-likeness (QED) is 0.642. The van der Waals surface area contributed by atoms with Crippen LogP contribution in [-0.4, -0.2) is 22.5 Å². The normalized spacial score (nSPS) is 24.0. The molecule has 2 unspecified atom stereocenters. The molecule has 1 aromatic rings. The number of anilines is 2. The summed E-state index contributed by atoms with van der Waals surface area (Å²) in [5.41, 5.74) is 5.50. The first-order chi connectivity index (χ1) is 8.50. The topological polar surface area (TPSA) is 85.3 Å². The molecule has 1 saturated heterocycles. The Morgan fingerprint density at radius 2 is 2.22 bits per heavy atom. The van der Waals surface area contributed by atoms with Crippen molar-refractivity contribution in [2.45, 2.75) is 32.7 Å². The van der Waals surface area contributed by atoms with Crippen molar-refractivity contribution in [2.24, 2.45) is 5.92 Å². The van der Waals surface area contributed by atoms with Crippen molar-refractivity contribution in [1.82, 2.24) is 4.98 Å². The van der Waals surface area contributed by atoms with E-state index in [2.05, 4.69) is 23.7 Å². The maximum atomic E-state index is 10.7. The average Bonchev–Trinajstić information content (AvgIpc) is 2.32. The van der Waals surface area contributed by atoms with Gasteiger partial charge in [-0.2, -0.15) is 0 Å². The van der Waals surface area contributed by atoms with Crippen LogP contribution >= 0.6 is 0 Å². The first-order valence-electron chi connectivity index (χ1n) is 6.18. The lowest BCUT2D eigenvalue weighted by Gasteiger charge is -2.38. The number of rotatable bonds is 2. The smallest absolute Gasteiger partial charge is 0.311 e. The molecule has 6 heteroatoms. The number of piperidine rings is 1. The molecule has 0 aliphatic carbocycles. The van der Waals surface area contributed by atoms with Gasteiger partial charge >= 0.3 is 5.69 Å². The van der Waals surface area contributed by atoms with Gasteiger partial charge in [-0.1, -0.05) is 6.92 Å². The fourth-order valence-corrected chi connectivity index (χ4v) is 2.43. The van der Waals surface area contributed by atoms with E-state index in [1.165, 1.54) is 12.5 Å². The van der Waals surface area contributed by atoms with Crippen LogP contribution in [0.3, 0.4) is 0 Å². The van der Waals surface area contributed by atoms with Crippen molar-refractivity contribution >= 4 is 17.3 Å². The van der Waals surface area contributed by atoms with Crippen LogP contribution in [0.15, 0.2) is 12.1 Å². The Kier molecular flexibility index (Phi) is 3.36. The van der Waals surface area contributed by atoms with E-state index < -0.39 is 4.92 Å². The standard InChI is InChI=1S/C12H18N4O2/c1-8-4-3-7-15(9(8)2)11-6-5-10(16(17)18)12(13)14-11/h5-6,8-9H,3-4,7H2,1-2H3,(H2,13,14). The molecule has 0 spiro atoms. The summed E-state index contributed by atoms with van der Waals surface area (Å²) in [4.78, 5) is 16.5. The summed E-state index contributed by atoms with van der Waals surface area (Å²) in [6, 6.07) is 3.50. The number of nitro groups is 1. The Hall–Kier alpha value is -1.85. The highest BCUT2D eigenvalue weighted by Gasteiger charge is 2.26. The fraction of sp³-hybridized carbons (Fsp3) is 0.583. The third-order valence-corrected chi connectivity index (χ3v) is 3.75. The third-order valence-electron chi connectivity index (χ3n) is 3.75. The van der Waals surface area contributed by atoms with Gasteiger partial charge in [0.05, 0.1) is 4.92 Å². The lowest BCUT2D eigenvalue weighted by atomic mass is 9.92. The minimum absolute atomic E-state index is 0.0112. The highest BCUT2D eigenvalue weighted by molar-refractivity contribution is 5.58. The summed E-state index contributed by atoms with van der Waals surface area (Å²) in [7, 11) is 0. The second-order valence-electron chi connectivity index (χ2n) is 4.88. The van der Waals surface area contributed by atoms with Crippen LogP contribution < -0.4 is 10.6 Å². The highest BCUT2D eigenvalue weighted by Crippen LogP contribution is 2.29. The predicted octanol–water partition coefficient (Wildman–Crippen LogP) is 2.20. The molecule has 0 saturated carbocycles. The van der Waals surface area contributed by atoms with E-state index in [1.807, 2.05) is 0 Å². The number of aromatic nitrogens is 1. The monoisotopic (exact) mass is 250 g/mol. The average molecular weight is 250 g/mol. The van der Waals surface area contributed by atoms with E-state index in [0.29, 0.717) is 12.0 Å². The molecular formula is C12H18N4O2. The number of pyridine rings is 1. The number of nitrogen functional groups attached to an aromatic ring is 1. The SMILES string of the molecule is CC1CCCN(c2ccc([N+](=O)[O-])c(N)n2)C1C. The van der Waals surface area contributed by atoms with Crippen LogP contribution in [0.2, 0.25) is 0 Å². The summed E-state index contributed by atoms with van der Waals surface area (Å²) < 4.78 is 0. The number of nitrogens with zero attached hydrogens (tertiary/aromatic N) is 3. The third kappa shape index (κ3) is 2.23. The largest absolute Gasteiger partial charge is 0.378 e. The second-order valence-corrected chi connectivity index (χ2v) is 4.88. The van der Waals surface area contributed by atoms with Crippen molar-refractivity contribution < 1.29 is 4.92 Å². The first-order valence-corrected chi connectivity index (χ1v) is 6.18. The second kappa shape index (κ2) is 4.80. The van der Waals surface area contributed by atoms with Crippen LogP contribution in [0.4, 0.5) is 17.3 Å². The lowest BCUT2D eigenvalue weighted by Crippen LogP contribution is -2.42. The maximum Gasteiger partial charge on any atom is 0.311 e. The number of hydrogen-bond acceptors (Lipinski definition) is 5. The van der Waals surface area contributed by atoms with Gasteiger partial charge in [-0.05, 0) is 31.7 Å². The molecule has 2 atom stereocenters. The summed E-state index contributed by atoms with van der Waals surface area (Å²) >= 11 is 0. The Balaban J connectivity index is 2.28. The van der Waals surface area contributed by atoms with E-state index >= 15 is 0 Å². The van der Waals surface area contributed by atoms with Gasteiger partial charge in [-0.15, -0.1) is 0 Å². The Labute approximate surface area is 106 Å². The van der Waals surface area contributed by atoms with Crippen LogP contribution in [0, 0.1) is 16.0 Å². The molecule has 98 valence electrons. The zero-order chi connectivity index (χ0) is 13.3. The zero-order valence-corrected chi connectivity index (χ0v) is 10.7. The molecule has 0 aromatic carbocycles. The van der Waals surface area contributed by atoms with E-state index in [4.69, 9.17) is 5.73 Å². The minimum atomic E-state index is -0.506. The number of hydrogen-bond donors (Lipinski definition) is 1. The summed E-state index contributed by atoms with van der Waals surface area (Å²) in [5.74, 6) is 1.32. The van der Waals surface area contributed by atoms with Gasteiger partial charge in [0, 0.05) is 18.7 Å². The predicted molar refractivity (Wildman–Crippen MR) is 70.5 cm³/mol. The van der Waals surface area contributed by atoms with Crippen LogP contribution in [0.5, 0.6) is 0 Å². The summed E-state index contributed by atoms with van der Waals surface area (Å²) in [6.45, 7) is 5.30. The fourth-order valence-electron chi connectivity index (χ4n) is 2.43. The van der Waals surface area contributed by atoms with Crippen molar-refractivity contribution in [2.75, 3.05) is 17.2 Å². The van der Waals surface area contributed by atoms with Gasteiger partial charge in [-0.3, -0.25) is 10.1 Å². The molecule has 1 aliphatic rings.